The number of ether oxygens (including phenoxy) is 1. The van der Waals surface area contributed by atoms with Crippen LogP contribution in [0.4, 0.5) is 9.93 Å². The van der Waals surface area contributed by atoms with Crippen LogP contribution in [0.15, 0.2) is 65.3 Å². The van der Waals surface area contributed by atoms with Gasteiger partial charge in [0.15, 0.2) is 5.13 Å². The van der Waals surface area contributed by atoms with E-state index in [4.69, 9.17) is 4.74 Å². The van der Waals surface area contributed by atoms with Gasteiger partial charge < -0.3 is 4.74 Å². The van der Waals surface area contributed by atoms with Crippen LogP contribution in [0.2, 0.25) is 0 Å². The predicted octanol–water partition coefficient (Wildman–Crippen LogP) is 5.25. The fourth-order valence-electron chi connectivity index (χ4n) is 2.10. The van der Waals surface area contributed by atoms with Gasteiger partial charge in [-0.1, -0.05) is 58.4 Å². The van der Waals surface area contributed by atoms with E-state index in [2.05, 4.69) is 38.4 Å². The van der Waals surface area contributed by atoms with E-state index in [1.807, 2.05) is 42.5 Å². The molecule has 0 aliphatic carbocycles. The molecule has 6 heteroatoms. The number of nitrogens with zero attached hydrogens (tertiary/aromatic N) is 1. The number of carbonyl (C=O) groups excluding carboxylic acids is 1. The number of hydrogen-bond acceptors (Lipinski definition) is 4. The lowest BCUT2D eigenvalue weighted by molar-refractivity contribution is 0.155. The summed E-state index contributed by atoms with van der Waals surface area (Å²) < 4.78 is 6.24. The number of halogens is 1. The van der Waals surface area contributed by atoms with E-state index in [1.165, 1.54) is 16.9 Å². The normalized spacial score (nSPS) is 10.4. The molecule has 1 amide bonds. The molecule has 0 radical (unpaired) electrons. The highest BCUT2D eigenvalue weighted by Crippen LogP contribution is 2.22. The summed E-state index contributed by atoms with van der Waals surface area (Å²) in [6, 6.07) is 17.7. The van der Waals surface area contributed by atoms with E-state index < -0.39 is 6.09 Å². The number of carbonyl (C=O) groups is 1. The molecule has 0 atom stereocenters. The van der Waals surface area contributed by atoms with Crippen LogP contribution in [0.3, 0.4) is 0 Å². The van der Waals surface area contributed by atoms with Gasteiger partial charge in [0.25, 0.3) is 0 Å². The third-order valence-corrected chi connectivity index (χ3v) is 4.71. The lowest BCUT2D eigenvalue weighted by Gasteiger charge is -2.04. The first kappa shape index (κ1) is 16.7. The molecule has 1 heterocycles. The van der Waals surface area contributed by atoms with Gasteiger partial charge in [0.2, 0.25) is 0 Å². The Morgan fingerprint density at radius 1 is 1.08 bits per heavy atom. The molecular weight excluding hydrogens is 388 g/mol. The van der Waals surface area contributed by atoms with Crippen molar-refractivity contribution < 1.29 is 9.53 Å². The Hall–Kier alpha value is -2.18. The monoisotopic (exact) mass is 402 g/mol. The molecule has 1 aromatic heterocycles. The van der Waals surface area contributed by atoms with Crippen molar-refractivity contribution in [2.45, 2.75) is 13.0 Å². The highest BCUT2D eigenvalue weighted by molar-refractivity contribution is 9.10. The Labute approximate surface area is 152 Å². The Kier molecular flexibility index (Phi) is 5.61. The second kappa shape index (κ2) is 8.08. The standard InChI is InChI=1S/C18H15BrN2O2S/c19-15-8-6-13(7-9-15)10-16-11-20-17(24-16)21-18(22)23-12-14-4-2-1-3-5-14/h1-9,11H,10,12H2,(H,20,21,22). The van der Waals surface area contributed by atoms with Gasteiger partial charge in [-0.2, -0.15) is 0 Å². The van der Waals surface area contributed by atoms with Crippen molar-refractivity contribution in [3.05, 3.63) is 81.3 Å². The van der Waals surface area contributed by atoms with Gasteiger partial charge >= 0.3 is 6.09 Å². The molecule has 0 aliphatic rings. The average Bonchev–Trinajstić information content (AvgIpc) is 3.03. The Morgan fingerprint density at radius 3 is 2.58 bits per heavy atom. The molecular formula is C18H15BrN2O2S. The van der Waals surface area contributed by atoms with Crippen LogP contribution in [0.1, 0.15) is 16.0 Å². The Bertz CT molecular complexity index is 803. The van der Waals surface area contributed by atoms with Crippen LogP contribution < -0.4 is 5.32 Å². The molecule has 0 fully saturated rings. The van der Waals surface area contributed by atoms with Crippen molar-refractivity contribution in [1.82, 2.24) is 4.98 Å². The number of amides is 1. The van der Waals surface area contributed by atoms with Gasteiger partial charge in [0.1, 0.15) is 6.61 Å². The maximum atomic E-state index is 11.8. The van der Waals surface area contributed by atoms with E-state index >= 15 is 0 Å². The minimum Gasteiger partial charge on any atom is -0.444 e. The van der Waals surface area contributed by atoms with Crippen LogP contribution in [0.25, 0.3) is 0 Å². The van der Waals surface area contributed by atoms with Crippen molar-refractivity contribution in [3.8, 4) is 0 Å². The van der Waals surface area contributed by atoms with Gasteiger partial charge in [-0.05, 0) is 23.3 Å². The predicted molar refractivity (Wildman–Crippen MR) is 99.3 cm³/mol. The van der Waals surface area contributed by atoms with E-state index in [0.717, 1.165) is 21.3 Å². The summed E-state index contributed by atoms with van der Waals surface area (Å²) >= 11 is 4.87. The molecule has 0 unspecified atom stereocenters. The fourth-order valence-corrected chi connectivity index (χ4v) is 3.19. The molecule has 3 rings (SSSR count). The van der Waals surface area contributed by atoms with Gasteiger partial charge in [0.05, 0.1) is 0 Å². The molecule has 122 valence electrons. The minimum atomic E-state index is -0.497. The van der Waals surface area contributed by atoms with Crippen molar-refractivity contribution >= 4 is 38.5 Å². The maximum Gasteiger partial charge on any atom is 0.413 e. The van der Waals surface area contributed by atoms with Crippen LogP contribution in [0.5, 0.6) is 0 Å². The van der Waals surface area contributed by atoms with Gasteiger partial charge in [-0.15, -0.1) is 11.3 Å². The first-order valence-electron chi connectivity index (χ1n) is 7.36. The second-order valence-corrected chi connectivity index (χ2v) is 7.15. The second-order valence-electron chi connectivity index (χ2n) is 5.12. The summed E-state index contributed by atoms with van der Waals surface area (Å²) in [5.74, 6) is 0. The zero-order valence-corrected chi connectivity index (χ0v) is 15.1. The highest BCUT2D eigenvalue weighted by atomic mass is 79.9. The number of thiazole rings is 1. The smallest absolute Gasteiger partial charge is 0.413 e. The summed E-state index contributed by atoms with van der Waals surface area (Å²) in [6.45, 7) is 0.240. The molecule has 2 aromatic carbocycles. The SMILES string of the molecule is O=C(Nc1ncc(Cc2ccc(Br)cc2)s1)OCc1ccccc1. The van der Waals surface area contributed by atoms with Crippen LogP contribution >= 0.6 is 27.3 Å². The van der Waals surface area contributed by atoms with Crippen molar-refractivity contribution in [2.24, 2.45) is 0 Å². The molecule has 24 heavy (non-hydrogen) atoms. The molecule has 1 N–H and O–H groups in total. The van der Waals surface area contributed by atoms with E-state index in [9.17, 15) is 4.79 Å². The van der Waals surface area contributed by atoms with Crippen molar-refractivity contribution in [1.29, 1.82) is 0 Å². The zero-order chi connectivity index (χ0) is 16.8. The molecule has 0 aliphatic heterocycles. The van der Waals surface area contributed by atoms with Gasteiger partial charge in [-0.25, -0.2) is 9.78 Å². The van der Waals surface area contributed by atoms with Crippen LogP contribution in [-0.4, -0.2) is 11.1 Å². The zero-order valence-electron chi connectivity index (χ0n) is 12.7. The quantitative estimate of drug-likeness (QED) is 0.634. The third kappa shape index (κ3) is 4.91. The van der Waals surface area contributed by atoms with Crippen molar-refractivity contribution in [3.63, 3.8) is 0 Å². The molecule has 0 bridgehead atoms. The first-order chi connectivity index (χ1) is 11.7. The summed E-state index contributed by atoms with van der Waals surface area (Å²) in [5, 5.41) is 3.21. The summed E-state index contributed by atoms with van der Waals surface area (Å²) in [6.07, 6.45) is 2.06. The number of hydrogen-bond donors (Lipinski definition) is 1. The molecule has 3 aromatic rings. The lowest BCUT2D eigenvalue weighted by Crippen LogP contribution is -2.13. The van der Waals surface area contributed by atoms with Gasteiger partial charge in [0, 0.05) is 22.0 Å². The number of benzene rings is 2. The average molecular weight is 403 g/mol. The topological polar surface area (TPSA) is 51.2 Å². The van der Waals surface area contributed by atoms with Crippen molar-refractivity contribution in [2.75, 3.05) is 5.32 Å². The lowest BCUT2D eigenvalue weighted by atomic mass is 10.1. The highest BCUT2D eigenvalue weighted by Gasteiger charge is 2.08. The Morgan fingerprint density at radius 2 is 1.83 bits per heavy atom. The van der Waals surface area contributed by atoms with Crippen LogP contribution in [-0.2, 0) is 17.8 Å². The summed E-state index contributed by atoms with van der Waals surface area (Å²) in [7, 11) is 0. The fraction of sp³-hybridized carbons (Fsp3) is 0.111. The Balaban J connectivity index is 1.51. The first-order valence-corrected chi connectivity index (χ1v) is 8.97. The number of rotatable bonds is 5. The third-order valence-electron chi connectivity index (χ3n) is 3.27. The number of anilines is 1. The van der Waals surface area contributed by atoms with Crippen LogP contribution in [0, 0.1) is 0 Å². The minimum absolute atomic E-state index is 0.240. The molecule has 0 spiro atoms. The van der Waals surface area contributed by atoms with E-state index in [1.54, 1.807) is 6.20 Å². The van der Waals surface area contributed by atoms with E-state index in [0.29, 0.717) is 5.13 Å². The number of nitrogens with one attached hydrogen (secondary N) is 1. The summed E-state index contributed by atoms with van der Waals surface area (Å²) in [4.78, 5) is 17.1. The summed E-state index contributed by atoms with van der Waals surface area (Å²) in [5.41, 5.74) is 2.14. The maximum absolute atomic E-state index is 11.8. The largest absolute Gasteiger partial charge is 0.444 e. The molecule has 0 saturated carbocycles. The number of aromatic nitrogens is 1. The van der Waals surface area contributed by atoms with Gasteiger partial charge in [-0.3, -0.25) is 5.32 Å². The van der Waals surface area contributed by atoms with E-state index in [-0.39, 0.29) is 6.61 Å². The molecule has 0 saturated heterocycles. The molecule has 4 nitrogen and oxygen atoms in total.